The predicted molar refractivity (Wildman–Crippen MR) is 265 cm³/mol. The number of benzene rings is 7. The first kappa shape index (κ1) is 42.7. The van der Waals surface area contributed by atoms with Gasteiger partial charge >= 0.3 is 0 Å². The predicted octanol–water partition coefficient (Wildman–Crippen LogP) is 17.6. The van der Waals surface area contributed by atoms with Crippen molar-refractivity contribution in [2.75, 3.05) is 0 Å². The maximum Gasteiger partial charge on any atom is 0.0249 e. The lowest BCUT2D eigenvalue weighted by molar-refractivity contribution is 0.589. The van der Waals surface area contributed by atoms with Gasteiger partial charge in [-0.25, -0.2) is 0 Å². The molecule has 11 rings (SSSR count). The molecule has 0 saturated carbocycles. The first-order valence-corrected chi connectivity index (χ1v) is 22.0. The summed E-state index contributed by atoms with van der Waals surface area (Å²) < 4.78 is 0. The van der Waals surface area contributed by atoms with E-state index in [9.17, 15) is 0 Å². The van der Waals surface area contributed by atoms with Gasteiger partial charge in [0, 0.05) is 11.1 Å². The normalized spacial score (nSPS) is 13.5. The van der Waals surface area contributed by atoms with Crippen LogP contribution in [0.2, 0.25) is 0 Å². The molecule has 0 aliphatic heterocycles. The molecule has 0 heteroatoms. The molecule has 0 bridgehead atoms. The Morgan fingerprint density at radius 3 is 1.83 bits per heavy atom. The van der Waals surface area contributed by atoms with Crippen molar-refractivity contribution in [2.45, 2.75) is 94.4 Å². The van der Waals surface area contributed by atoms with E-state index in [0.29, 0.717) is 0 Å². The summed E-state index contributed by atoms with van der Waals surface area (Å²) >= 11 is 0. The Hall–Kier alpha value is -5.94. The van der Waals surface area contributed by atoms with Crippen LogP contribution < -0.4 is 0 Å². The molecule has 7 aromatic rings. The van der Waals surface area contributed by atoms with Gasteiger partial charge in [-0.3, -0.25) is 0 Å². The topological polar surface area (TPSA) is 0 Å². The molecule has 0 radical (unpaired) electrons. The summed E-state index contributed by atoms with van der Waals surface area (Å²) in [6.07, 6.45) is 15.6. The molecule has 7 aromatic carbocycles. The Kier molecular flexibility index (Phi) is 13.6. The monoisotopic (exact) mass is 770 g/mol. The van der Waals surface area contributed by atoms with Gasteiger partial charge in [0.05, 0.1) is 0 Å². The molecule has 59 heavy (non-hydrogen) atoms. The third kappa shape index (κ3) is 8.34. The summed E-state index contributed by atoms with van der Waals surface area (Å²) in [5.41, 5.74) is 18.9. The van der Waals surface area contributed by atoms with Crippen LogP contribution in [-0.4, -0.2) is 0 Å². The Bertz CT molecular complexity index is 2850. The zero-order valence-corrected chi connectivity index (χ0v) is 37.3. The molecule has 0 fully saturated rings. The average molecular weight is 771 g/mol. The minimum Gasteiger partial charge on any atom is -0.109 e. The molecule has 0 saturated heterocycles. The van der Waals surface area contributed by atoms with Gasteiger partial charge in [0.15, 0.2) is 0 Å². The Morgan fingerprint density at radius 1 is 0.508 bits per heavy atom. The van der Waals surface area contributed by atoms with Crippen LogP contribution in [0.25, 0.3) is 65.9 Å². The van der Waals surface area contributed by atoms with Crippen molar-refractivity contribution in [3.63, 3.8) is 0 Å². The van der Waals surface area contributed by atoms with Gasteiger partial charge in [0.25, 0.3) is 0 Å². The first-order valence-electron chi connectivity index (χ1n) is 22.0. The second-order valence-corrected chi connectivity index (χ2v) is 15.8. The lowest BCUT2D eigenvalue weighted by Crippen LogP contribution is -2.15. The van der Waals surface area contributed by atoms with Crippen LogP contribution in [0.3, 0.4) is 0 Å². The van der Waals surface area contributed by atoms with Crippen molar-refractivity contribution < 1.29 is 0 Å². The molecule has 298 valence electrons. The SMILES string of the molecule is C1=Cc2c(ccc3ccccc23)C1.CC.CC.CC.CC1=C=C(c2c(C(C)(C)C)cc3c4c(cccc24)C2=C3CC=C2)C=C1.Cc1cc2ccccc2c2ccccc12. The quantitative estimate of drug-likeness (QED) is 0.115. The number of fused-ring (bicyclic) bond motifs is 8. The van der Waals surface area contributed by atoms with E-state index in [2.05, 4.69) is 192 Å². The second-order valence-electron chi connectivity index (χ2n) is 15.8. The van der Waals surface area contributed by atoms with Gasteiger partial charge in [-0.2, -0.15) is 0 Å². The molecule has 0 atom stereocenters. The fourth-order valence-corrected chi connectivity index (χ4v) is 8.75. The molecule has 0 aromatic heterocycles. The minimum absolute atomic E-state index is 0.0877. The zero-order chi connectivity index (χ0) is 42.3. The molecular formula is C59H62. The molecule has 0 amide bonds. The molecule has 0 nitrogen and oxygen atoms in total. The minimum atomic E-state index is 0.0877. The van der Waals surface area contributed by atoms with Gasteiger partial charge in [0.1, 0.15) is 0 Å². The van der Waals surface area contributed by atoms with E-state index in [1.54, 1.807) is 0 Å². The van der Waals surface area contributed by atoms with Crippen LogP contribution in [0.1, 0.15) is 115 Å². The fourth-order valence-electron chi connectivity index (χ4n) is 8.75. The van der Waals surface area contributed by atoms with E-state index in [4.69, 9.17) is 0 Å². The molecule has 4 aliphatic rings. The van der Waals surface area contributed by atoms with Crippen molar-refractivity contribution in [3.8, 4) is 0 Å². The van der Waals surface area contributed by atoms with E-state index in [0.717, 1.165) is 12.8 Å². The summed E-state index contributed by atoms with van der Waals surface area (Å²) in [7, 11) is 0. The van der Waals surface area contributed by atoms with Crippen LogP contribution in [0.15, 0.2) is 157 Å². The van der Waals surface area contributed by atoms with Crippen LogP contribution in [-0.2, 0) is 11.8 Å². The molecule has 0 heterocycles. The van der Waals surface area contributed by atoms with Crippen LogP contribution in [0.4, 0.5) is 0 Å². The molecule has 0 unspecified atom stereocenters. The zero-order valence-electron chi connectivity index (χ0n) is 37.3. The number of hydrogen-bond acceptors (Lipinski definition) is 0. The van der Waals surface area contributed by atoms with Crippen molar-refractivity contribution >= 4 is 65.9 Å². The molecule has 0 spiro atoms. The van der Waals surface area contributed by atoms with Crippen LogP contribution in [0.5, 0.6) is 0 Å². The number of hydrogen-bond donors (Lipinski definition) is 0. The highest BCUT2D eigenvalue weighted by Gasteiger charge is 2.30. The van der Waals surface area contributed by atoms with E-state index in [1.807, 2.05) is 41.5 Å². The van der Waals surface area contributed by atoms with E-state index >= 15 is 0 Å². The van der Waals surface area contributed by atoms with Gasteiger partial charge in [-0.1, -0.05) is 202 Å². The number of allylic oxidation sites excluding steroid dienone is 8. The van der Waals surface area contributed by atoms with Crippen molar-refractivity contribution in [3.05, 3.63) is 196 Å². The third-order valence-corrected chi connectivity index (χ3v) is 11.3. The summed E-state index contributed by atoms with van der Waals surface area (Å²) in [6, 6.07) is 41.7. The summed E-state index contributed by atoms with van der Waals surface area (Å²) in [4.78, 5) is 0. The number of rotatable bonds is 1. The number of aryl methyl sites for hydroxylation is 1. The first-order chi connectivity index (χ1) is 28.8. The van der Waals surface area contributed by atoms with Crippen molar-refractivity contribution in [1.82, 2.24) is 0 Å². The smallest absolute Gasteiger partial charge is 0.0249 e. The van der Waals surface area contributed by atoms with Crippen LogP contribution >= 0.6 is 0 Å². The van der Waals surface area contributed by atoms with E-state index < -0.39 is 0 Å². The van der Waals surface area contributed by atoms with E-state index in [1.165, 1.54) is 104 Å². The Morgan fingerprint density at radius 2 is 1.14 bits per heavy atom. The summed E-state index contributed by atoms with van der Waals surface area (Å²) in [5.74, 6) is 0. The molecular weight excluding hydrogens is 709 g/mol. The maximum absolute atomic E-state index is 3.58. The van der Waals surface area contributed by atoms with Crippen LogP contribution in [0, 0.1) is 6.92 Å². The highest BCUT2D eigenvalue weighted by atomic mass is 14.3. The second kappa shape index (κ2) is 18.8. The largest absolute Gasteiger partial charge is 0.109 e. The third-order valence-electron chi connectivity index (χ3n) is 11.3. The fraction of sp³-hybridized carbons (Fsp3) is 0.237. The highest BCUT2D eigenvalue weighted by molar-refractivity contribution is 6.20. The lowest BCUT2D eigenvalue weighted by Gasteiger charge is -2.26. The van der Waals surface area contributed by atoms with E-state index in [-0.39, 0.29) is 5.41 Å². The van der Waals surface area contributed by atoms with Gasteiger partial charge < -0.3 is 0 Å². The molecule has 4 aliphatic carbocycles. The maximum atomic E-state index is 3.58. The molecule has 0 N–H and O–H groups in total. The van der Waals surface area contributed by atoms with Gasteiger partial charge in [0.2, 0.25) is 0 Å². The van der Waals surface area contributed by atoms with Crippen molar-refractivity contribution in [2.24, 2.45) is 0 Å². The summed E-state index contributed by atoms with van der Waals surface area (Å²) in [5, 5.41) is 10.9. The highest BCUT2D eigenvalue weighted by Crippen LogP contribution is 2.51. The summed E-state index contributed by atoms with van der Waals surface area (Å²) in [6.45, 7) is 23.3. The lowest BCUT2D eigenvalue weighted by atomic mass is 9.78. The standard InChI is InChI=1S/C25H22.C15H12.C13H10.3C2H6/c1-15-11-12-16(13-15)23-20-10-6-9-19-17-7-5-8-18(17)21(24(19)20)14-22(23)25(2,3)4;1-11-10-12-6-2-3-8-14(12)15-9-5-4-7-13(11)15;1-2-6-12-10(4-1)8-9-11-5-3-7-13(11)12;3*1-2/h5-7,9-12,14H,8H2,1-4H3;2-10H,1H3;1-4,6-9H,5H2;3*1-2H3. The Labute approximate surface area is 354 Å². The average Bonchev–Trinajstić information content (AvgIpc) is 4.11. The van der Waals surface area contributed by atoms with Crippen molar-refractivity contribution in [1.29, 1.82) is 0 Å². The van der Waals surface area contributed by atoms with Gasteiger partial charge in [-0.15, -0.1) is 5.73 Å². The van der Waals surface area contributed by atoms with Gasteiger partial charge in [-0.05, 0) is 137 Å². The Balaban J connectivity index is 0.000000148.